The van der Waals surface area contributed by atoms with E-state index in [1.54, 1.807) is 6.20 Å². The summed E-state index contributed by atoms with van der Waals surface area (Å²) in [6, 6.07) is 5.92. The Balaban J connectivity index is 2.25. The second kappa shape index (κ2) is 4.22. The van der Waals surface area contributed by atoms with Gasteiger partial charge in [0.2, 0.25) is 0 Å². The zero-order valence-corrected chi connectivity index (χ0v) is 8.63. The zero-order chi connectivity index (χ0) is 10.7. The van der Waals surface area contributed by atoms with Crippen LogP contribution in [0.1, 0.15) is 18.5 Å². The molecule has 1 unspecified atom stereocenters. The van der Waals surface area contributed by atoms with Gasteiger partial charge in [-0.3, -0.25) is 9.78 Å². The number of allylic oxidation sites excluding steroid dienone is 4. The van der Waals surface area contributed by atoms with Crippen molar-refractivity contribution in [1.82, 2.24) is 4.98 Å². The Bertz CT molecular complexity index is 406. The van der Waals surface area contributed by atoms with Crippen LogP contribution < -0.4 is 0 Å². The molecule has 0 saturated heterocycles. The van der Waals surface area contributed by atoms with Crippen molar-refractivity contribution in [2.45, 2.75) is 12.8 Å². The predicted molar refractivity (Wildman–Crippen MR) is 59.4 cm³/mol. The Morgan fingerprint density at radius 3 is 2.87 bits per heavy atom. The maximum Gasteiger partial charge on any atom is 0.149 e. The van der Waals surface area contributed by atoms with Crippen LogP contribution in [0.25, 0.3) is 0 Å². The van der Waals surface area contributed by atoms with E-state index in [0.717, 1.165) is 17.6 Å². The van der Waals surface area contributed by atoms with Crippen LogP contribution in [-0.2, 0) is 4.79 Å². The van der Waals surface area contributed by atoms with E-state index in [1.165, 1.54) is 0 Å². The molecule has 0 saturated carbocycles. The average molecular weight is 199 g/mol. The van der Waals surface area contributed by atoms with Crippen molar-refractivity contribution in [3.8, 4) is 0 Å². The average Bonchev–Trinajstić information content (AvgIpc) is 2.30. The van der Waals surface area contributed by atoms with Crippen LogP contribution in [0.15, 0.2) is 48.2 Å². The molecule has 1 aromatic heterocycles. The van der Waals surface area contributed by atoms with Gasteiger partial charge in [-0.1, -0.05) is 31.2 Å². The molecule has 2 nitrogen and oxygen atoms in total. The molecule has 1 aliphatic rings. The Morgan fingerprint density at radius 1 is 1.40 bits per heavy atom. The first kappa shape index (κ1) is 9.84. The minimum atomic E-state index is 0.287. The number of aromatic nitrogens is 1. The molecule has 1 aromatic rings. The maximum absolute atomic E-state index is 10.6. The Labute approximate surface area is 89.3 Å². The number of aldehydes is 1. The van der Waals surface area contributed by atoms with E-state index in [1.807, 2.05) is 30.4 Å². The molecule has 0 N–H and O–H groups in total. The summed E-state index contributed by atoms with van der Waals surface area (Å²) in [5, 5.41) is 0. The molecule has 0 spiro atoms. The summed E-state index contributed by atoms with van der Waals surface area (Å²) in [7, 11) is 0. The molecular formula is C13H13NO. The highest BCUT2D eigenvalue weighted by Gasteiger charge is 2.19. The molecule has 2 heteroatoms. The lowest BCUT2D eigenvalue weighted by atomic mass is 9.85. The van der Waals surface area contributed by atoms with Gasteiger partial charge in [0.25, 0.3) is 0 Å². The van der Waals surface area contributed by atoms with E-state index in [9.17, 15) is 4.79 Å². The van der Waals surface area contributed by atoms with Crippen molar-refractivity contribution in [3.05, 3.63) is 53.9 Å². The van der Waals surface area contributed by atoms with Crippen molar-refractivity contribution in [1.29, 1.82) is 0 Å². The molecule has 1 heterocycles. The number of carbonyl (C=O) groups is 1. The largest absolute Gasteiger partial charge is 0.298 e. The fraction of sp³-hybridized carbons (Fsp3) is 0.231. The first-order valence-corrected chi connectivity index (χ1v) is 5.07. The second-order valence-corrected chi connectivity index (χ2v) is 3.78. The van der Waals surface area contributed by atoms with Crippen LogP contribution >= 0.6 is 0 Å². The molecule has 15 heavy (non-hydrogen) atoms. The minimum absolute atomic E-state index is 0.287. The first-order valence-electron chi connectivity index (χ1n) is 5.07. The number of hydrogen-bond donors (Lipinski definition) is 0. The third kappa shape index (κ3) is 2.04. The molecule has 2 atom stereocenters. The number of rotatable bonds is 2. The van der Waals surface area contributed by atoms with Gasteiger partial charge in [0.1, 0.15) is 6.29 Å². The summed E-state index contributed by atoms with van der Waals surface area (Å²) in [4.78, 5) is 14.9. The lowest BCUT2D eigenvalue weighted by molar-refractivity contribution is -0.104. The Kier molecular flexibility index (Phi) is 2.77. The van der Waals surface area contributed by atoms with Crippen LogP contribution in [0.5, 0.6) is 0 Å². The van der Waals surface area contributed by atoms with Crippen molar-refractivity contribution in [3.63, 3.8) is 0 Å². The molecule has 0 fully saturated rings. The van der Waals surface area contributed by atoms with Gasteiger partial charge in [-0.25, -0.2) is 0 Å². The number of pyridine rings is 1. The predicted octanol–water partition coefficient (Wildman–Crippen LogP) is 2.50. The highest BCUT2D eigenvalue weighted by atomic mass is 16.1. The number of hydrogen-bond acceptors (Lipinski definition) is 2. The van der Waals surface area contributed by atoms with E-state index < -0.39 is 0 Å². The van der Waals surface area contributed by atoms with Gasteiger partial charge in [-0.2, -0.15) is 0 Å². The third-order valence-electron chi connectivity index (χ3n) is 2.68. The van der Waals surface area contributed by atoms with Crippen LogP contribution in [0, 0.1) is 5.92 Å². The van der Waals surface area contributed by atoms with Gasteiger partial charge in [-0.15, -0.1) is 0 Å². The summed E-state index contributed by atoms with van der Waals surface area (Å²) in [5.74, 6) is 0.611. The summed E-state index contributed by atoms with van der Waals surface area (Å²) < 4.78 is 0. The zero-order valence-electron chi connectivity index (χ0n) is 8.63. The molecule has 2 rings (SSSR count). The lowest BCUT2D eigenvalue weighted by Crippen LogP contribution is -2.10. The summed E-state index contributed by atoms with van der Waals surface area (Å²) >= 11 is 0. The summed E-state index contributed by atoms with van der Waals surface area (Å²) in [6.45, 7) is 2.10. The van der Waals surface area contributed by atoms with E-state index in [2.05, 4.69) is 18.0 Å². The molecule has 0 aromatic carbocycles. The Morgan fingerprint density at radius 2 is 2.27 bits per heavy atom. The van der Waals surface area contributed by atoms with E-state index in [0.29, 0.717) is 5.92 Å². The highest BCUT2D eigenvalue weighted by Crippen LogP contribution is 2.29. The SMILES string of the molecule is C[C@@H]1C=C(C=O)C=CC1c1ccccn1. The van der Waals surface area contributed by atoms with Crippen molar-refractivity contribution >= 4 is 6.29 Å². The number of carbonyl (C=O) groups excluding carboxylic acids is 1. The van der Waals surface area contributed by atoms with Crippen molar-refractivity contribution < 1.29 is 4.79 Å². The fourth-order valence-electron chi connectivity index (χ4n) is 1.87. The standard InChI is InChI=1S/C13H13NO/c1-10-8-11(9-15)5-6-12(10)13-4-2-3-7-14-13/h2-10,12H,1H3/t10-,12?/m1/s1. The van der Waals surface area contributed by atoms with Crippen LogP contribution in [0.3, 0.4) is 0 Å². The molecule has 0 aliphatic heterocycles. The summed E-state index contributed by atoms with van der Waals surface area (Å²) in [5.41, 5.74) is 1.82. The van der Waals surface area contributed by atoms with Gasteiger partial charge in [0.15, 0.2) is 0 Å². The number of nitrogens with zero attached hydrogens (tertiary/aromatic N) is 1. The molecule has 1 aliphatic carbocycles. The monoisotopic (exact) mass is 199 g/mol. The van der Waals surface area contributed by atoms with Gasteiger partial charge >= 0.3 is 0 Å². The van der Waals surface area contributed by atoms with Gasteiger partial charge in [0, 0.05) is 23.4 Å². The summed E-state index contributed by atoms with van der Waals surface area (Å²) in [6.07, 6.45) is 8.60. The second-order valence-electron chi connectivity index (χ2n) is 3.78. The van der Waals surface area contributed by atoms with Crippen molar-refractivity contribution in [2.24, 2.45) is 5.92 Å². The van der Waals surface area contributed by atoms with Gasteiger partial charge in [0.05, 0.1) is 0 Å². The minimum Gasteiger partial charge on any atom is -0.298 e. The normalized spacial score (nSPS) is 24.7. The molecule has 0 amide bonds. The van der Waals surface area contributed by atoms with Crippen molar-refractivity contribution in [2.75, 3.05) is 0 Å². The fourth-order valence-corrected chi connectivity index (χ4v) is 1.87. The highest BCUT2D eigenvalue weighted by molar-refractivity contribution is 5.78. The quantitative estimate of drug-likeness (QED) is 0.685. The molecule has 0 bridgehead atoms. The van der Waals surface area contributed by atoms with Gasteiger partial charge < -0.3 is 0 Å². The maximum atomic E-state index is 10.6. The van der Waals surface area contributed by atoms with Crippen LogP contribution in [0.4, 0.5) is 0 Å². The van der Waals surface area contributed by atoms with Crippen LogP contribution in [-0.4, -0.2) is 11.3 Å². The van der Waals surface area contributed by atoms with Crippen LogP contribution in [0.2, 0.25) is 0 Å². The van der Waals surface area contributed by atoms with E-state index >= 15 is 0 Å². The van der Waals surface area contributed by atoms with E-state index in [-0.39, 0.29) is 5.92 Å². The Hall–Kier alpha value is -1.70. The topological polar surface area (TPSA) is 30.0 Å². The molecular weight excluding hydrogens is 186 g/mol. The molecule has 76 valence electrons. The smallest absolute Gasteiger partial charge is 0.149 e. The van der Waals surface area contributed by atoms with E-state index in [4.69, 9.17) is 0 Å². The lowest BCUT2D eigenvalue weighted by Gasteiger charge is -2.20. The first-order chi connectivity index (χ1) is 7.31. The van der Waals surface area contributed by atoms with Gasteiger partial charge in [-0.05, 0) is 18.1 Å². The third-order valence-corrected chi connectivity index (χ3v) is 2.68. The molecule has 0 radical (unpaired) electrons.